The molecular formula is C13H12O6. The molecule has 0 aliphatic heterocycles. The van der Waals surface area contributed by atoms with Crippen LogP contribution in [-0.4, -0.2) is 20.7 Å². The Morgan fingerprint density at radius 1 is 1.16 bits per heavy atom. The van der Waals surface area contributed by atoms with Crippen molar-refractivity contribution in [2.45, 2.75) is 6.61 Å². The van der Waals surface area contributed by atoms with Gasteiger partial charge in [-0.3, -0.25) is 4.79 Å². The van der Waals surface area contributed by atoms with E-state index in [1.54, 1.807) is 12.1 Å². The third-order valence-electron chi connectivity index (χ3n) is 2.64. The highest BCUT2D eigenvalue weighted by Crippen LogP contribution is 2.33. The molecule has 6 nitrogen and oxygen atoms in total. The van der Waals surface area contributed by atoms with Gasteiger partial charge in [-0.05, 0) is 6.07 Å². The van der Waals surface area contributed by atoms with Gasteiger partial charge < -0.3 is 18.6 Å². The van der Waals surface area contributed by atoms with Gasteiger partial charge in [0.2, 0.25) is 0 Å². The van der Waals surface area contributed by atoms with Crippen LogP contribution in [0.2, 0.25) is 0 Å². The number of ether oxygens (including phenoxy) is 3. The van der Waals surface area contributed by atoms with Crippen LogP contribution in [0.5, 0.6) is 11.5 Å². The minimum atomic E-state index is -0.524. The van der Waals surface area contributed by atoms with Crippen molar-refractivity contribution in [2.24, 2.45) is 0 Å². The van der Waals surface area contributed by atoms with E-state index in [1.807, 2.05) is 0 Å². The van der Waals surface area contributed by atoms with E-state index in [1.165, 1.54) is 20.3 Å². The SMILES string of the molecule is COc1cc2oc(=O)cc(COC=O)c2cc1OC. The summed E-state index contributed by atoms with van der Waals surface area (Å²) < 4.78 is 20.1. The Labute approximate surface area is 108 Å². The van der Waals surface area contributed by atoms with Crippen LogP contribution in [0.3, 0.4) is 0 Å². The highest BCUT2D eigenvalue weighted by atomic mass is 16.5. The average Bonchev–Trinajstić information content (AvgIpc) is 2.43. The topological polar surface area (TPSA) is 75.0 Å². The van der Waals surface area contributed by atoms with Gasteiger partial charge in [-0.25, -0.2) is 4.79 Å². The summed E-state index contributed by atoms with van der Waals surface area (Å²) >= 11 is 0. The zero-order valence-electron chi connectivity index (χ0n) is 10.5. The maximum atomic E-state index is 11.4. The summed E-state index contributed by atoms with van der Waals surface area (Å²) in [6.07, 6.45) is 0. The standard InChI is InChI=1S/C13H12O6/c1-16-11-4-9-8(6-18-7-14)3-13(15)19-10(9)5-12(11)17-2/h3-5,7H,6H2,1-2H3. The monoisotopic (exact) mass is 264 g/mol. The molecule has 0 aliphatic carbocycles. The van der Waals surface area contributed by atoms with Gasteiger partial charge in [-0.1, -0.05) is 0 Å². The smallest absolute Gasteiger partial charge is 0.336 e. The molecule has 0 saturated carbocycles. The zero-order valence-corrected chi connectivity index (χ0v) is 10.5. The predicted molar refractivity (Wildman–Crippen MR) is 66.4 cm³/mol. The molecule has 0 atom stereocenters. The molecule has 0 amide bonds. The second-order valence-electron chi connectivity index (χ2n) is 3.70. The van der Waals surface area contributed by atoms with E-state index in [4.69, 9.17) is 13.9 Å². The summed E-state index contributed by atoms with van der Waals surface area (Å²) in [4.78, 5) is 21.7. The van der Waals surface area contributed by atoms with Crippen LogP contribution in [0, 0.1) is 0 Å². The van der Waals surface area contributed by atoms with Crippen molar-refractivity contribution in [1.29, 1.82) is 0 Å². The van der Waals surface area contributed by atoms with Crippen molar-refractivity contribution >= 4 is 17.4 Å². The average molecular weight is 264 g/mol. The maximum Gasteiger partial charge on any atom is 0.336 e. The Morgan fingerprint density at radius 3 is 2.47 bits per heavy atom. The number of methoxy groups -OCH3 is 2. The fourth-order valence-electron chi connectivity index (χ4n) is 1.80. The van der Waals surface area contributed by atoms with E-state index in [9.17, 15) is 9.59 Å². The number of fused-ring (bicyclic) bond motifs is 1. The zero-order chi connectivity index (χ0) is 13.8. The molecule has 0 unspecified atom stereocenters. The predicted octanol–water partition coefficient (Wildman–Crippen LogP) is 1.48. The molecule has 1 aromatic heterocycles. The summed E-state index contributed by atoms with van der Waals surface area (Å²) in [6.45, 7) is 0.308. The lowest BCUT2D eigenvalue weighted by Crippen LogP contribution is -2.03. The Hall–Kier alpha value is -2.50. The Morgan fingerprint density at radius 2 is 1.84 bits per heavy atom. The maximum absolute atomic E-state index is 11.4. The number of carbonyl (C=O) groups is 1. The van der Waals surface area contributed by atoms with Crippen LogP contribution < -0.4 is 15.1 Å². The van der Waals surface area contributed by atoms with Gasteiger partial charge >= 0.3 is 5.63 Å². The second-order valence-corrected chi connectivity index (χ2v) is 3.70. The van der Waals surface area contributed by atoms with Crippen LogP contribution in [-0.2, 0) is 16.1 Å². The Balaban J connectivity index is 2.68. The lowest BCUT2D eigenvalue weighted by Gasteiger charge is -2.10. The minimum absolute atomic E-state index is 0.0128. The second kappa shape index (κ2) is 5.43. The van der Waals surface area contributed by atoms with Gasteiger partial charge in [0.05, 0.1) is 14.2 Å². The molecule has 0 N–H and O–H groups in total. The lowest BCUT2D eigenvalue weighted by molar-refractivity contribution is -0.129. The summed E-state index contributed by atoms with van der Waals surface area (Å²) in [7, 11) is 2.99. The van der Waals surface area contributed by atoms with Crippen LogP contribution in [0.15, 0.2) is 27.4 Å². The molecule has 19 heavy (non-hydrogen) atoms. The molecule has 0 spiro atoms. The third-order valence-corrected chi connectivity index (χ3v) is 2.64. The summed E-state index contributed by atoms with van der Waals surface area (Å²) in [6, 6.07) is 4.50. The highest BCUT2D eigenvalue weighted by molar-refractivity contribution is 5.84. The van der Waals surface area contributed by atoms with E-state index in [-0.39, 0.29) is 6.61 Å². The lowest BCUT2D eigenvalue weighted by atomic mass is 10.1. The van der Waals surface area contributed by atoms with E-state index < -0.39 is 5.63 Å². The molecule has 0 bridgehead atoms. The largest absolute Gasteiger partial charge is 0.493 e. The first kappa shape index (κ1) is 12.9. The van der Waals surface area contributed by atoms with E-state index in [2.05, 4.69) is 4.74 Å². The van der Waals surface area contributed by atoms with Crippen LogP contribution in [0.1, 0.15) is 5.56 Å². The Kier molecular flexibility index (Phi) is 3.70. The number of hydrogen-bond acceptors (Lipinski definition) is 6. The van der Waals surface area contributed by atoms with Crippen LogP contribution >= 0.6 is 0 Å². The molecule has 0 fully saturated rings. The van der Waals surface area contributed by atoms with Crippen molar-refractivity contribution in [3.05, 3.63) is 34.2 Å². The Bertz CT molecular complexity index is 658. The van der Waals surface area contributed by atoms with Gasteiger partial charge in [-0.15, -0.1) is 0 Å². The van der Waals surface area contributed by atoms with Gasteiger partial charge in [0, 0.05) is 23.1 Å². The van der Waals surface area contributed by atoms with Gasteiger partial charge in [-0.2, -0.15) is 0 Å². The van der Waals surface area contributed by atoms with E-state index in [0.717, 1.165) is 0 Å². The van der Waals surface area contributed by atoms with Gasteiger partial charge in [0.15, 0.2) is 11.5 Å². The fourth-order valence-corrected chi connectivity index (χ4v) is 1.80. The first-order valence-corrected chi connectivity index (χ1v) is 5.43. The summed E-state index contributed by atoms with van der Waals surface area (Å²) in [5.74, 6) is 0.947. The molecule has 2 rings (SSSR count). The fraction of sp³-hybridized carbons (Fsp3) is 0.231. The van der Waals surface area contributed by atoms with Crippen molar-refractivity contribution in [3.63, 3.8) is 0 Å². The van der Waals surface area contributed by atoms with Crippen molar-refractivity contribution in [2.75, 3.05) is 14.2 Å². The van der Waals surface area contributed by atoms with E-state index >= 15 is 0 Å². The summed E-state index contributed by atoms with van der Waals surface area (Å²) in [5, 5.41) is 0.624. The molecule has 1 aromatic carbocycles. The molecule has 6 heteroatoms. The molecular weight excluding hydrogens is 252 g/mol. The van der Waals surface area contributed by atoms with Crippen molar-refractivity contribution < 1.29 is 23.4 Å². The number of carbonyl (C=O) groups excluding carboxylic acids is 1. The molecule has 100 valence electrons. The molecule has 0 aliphatic rings. The number of hydrogen-bond donors (Lipinski definition) is 0. The third kappa shape index (κ3) is 2.52. The van der Waals surface area contributed by atoms with Crippen LogP contribution in [0.4, 0.5) is 0 Å². The molecule has 0 radical (unpaired) electrons. The molecule has 1 heterocycles. The number of benzene rings is 1. The molecule has 2 aromatic rings. The van der Waals surface area contributed by atoms with Crippen LogP contribution in [0.25, 0.3) is 11.0 Å². The number of rotatable bonds is 5. The van der Waals surface area contributed by atoms with Crippen molar-refractivity contribution in [3.8, 4) is 11.5 Å². The van der Waals surface area contributed by atoms with Gasteiger partial charge in [0.25, 0.3) is 6.47 Å². The summed E-state index contributed by atoms with van der Waals surface area (Å²) in [5.41, 5.74) is 0.359. The first-order valence-electron chi connectivity index (χ1n) is 5.43. The van der Waals surface area contributed by atoms with Gasteiger partial charge in [0.1, 0.15) is 12.2 Å². The normalized spacial score (nSPS) is 10.2. The first-order chi connectivity index (χ1) is 9.19. The minimum Gasteiger partial charge on any atom is -0.493 e. The molecule has 0 saturated heterocycles. The quantitative estimate of drug-likeness (QED) is 0.601. The van der Waals surface area contributed by atoms with Crippen molar-refractivity contribution in [1.82, 2.24) is 0 Å². The highest BCUT2D eigenvalue weighted by Gasteiger charge is 2.12. The van der Waals surface area contributed by atoms with E-state index in [0.29, 0.717) is 34.5 Å².